The maximum absolute atomic E-state index is 13.2. The Hall–Kier alpha value is -2.62. The summed E-state index contributed by atoms with van der Waals surface area (Å²) in [5.41, 5.74) is 0.977. The van der Waals surface area contributed by atoms with Gasteiger partial charge >= 0.3 is 0 Å². The summed E-state index contributed by atoms with van der Waals surface area (Å²) in [5.74, 6) is -2.01. The molecule has 21 heavy (non-hydrogen) atoms. The number of carbonyl (C=O) groups is 1. The summed E-state index contributed by atoms with van der Waals surface area (Å²) in [4.78, 5) is 16.4. The average molecular weight is 283 g/mol. The van der Waals surface area contributed by atoms with E-state index in [0.29, 0.717) is 11.1 Å². The van der Waals surface area contributed by atoms with E-state index in [2.05, 4.69) is 4.98 Å². The minimum Gasteiger partial charge on any atom is -0.294 e. The third kappa shape index (κ3) is 2.65. The average Bonchev–Trinajstić information content (AvgIpc) is 2.50. The number of aromatic nitrogens is 1. The first kappa shape index (κ1) is 13.4. The first-order valence-corrected chi connectivity index (χ1v) is 6.45. The Kier molecular flexibility index (Phi) is 3.44. The number of pyridine rings is 1. The topological polar surface area (TPSA) is 30.0 Å². The highest BCUT2D eigenvalue weighted by molar-refractivity contribution is 6.08. The van der Waals surface area contributed by atoms with Gasteiger partial charge in [0.1, 0.15) is 0 Å². The molecule has 0 unspecified atom stereocenters. The lowest BCUT2D eigenvalue weighted by Crippen LogP contribution is -2.05. The number of Topliss-reactive ketones (excluding diaryl/α,β-unsaturated/α-hetero) is 1. The van der Waals surface area contributed by atoms with Crippen LogP contribution in [0.5, 0.6) is 0 Å². The molecule has 0 fully saturated rings. The van der Waals surface area contributed by atoms with E-state index >= 15 is 0 Å². The van der Waals surface area contributed by atoms with Gasteiger partial charge in [0.2, 0.25) is 0 Å². The quantitative estimate of drug-likeness (QED) is 0.681. The molecule has 0 atom stereocenters. The van der Waals surface area contributed by atoms with Gasteiger partial charge in [-0.05, 0) is 29.1 Å². The molecule has 0 radical (unpaired) electrons. The number of ketones is 1. The number of carbonyl (C=O) groups excluding carboxylic acids is 1. The molecule has 0 amide bonds. The van der Waals surface area contributed by atoms with E-state index in [0.717, 1.165) is 22.9 Å². The largest absolute Gasteiger partial charge is 0.294 e. The summed E-state index contributed by atoms with van der Waals surface area (Å²) in [7, 11) is 0. The maximum atomic E-state index is 13.2. The van der Waals surface area contributed by atoms with Crippen molar-refractivity contribution in [3.05, 3.63) is 77.6 Å². The lowest BCUT2D eigenvalue weighted by atomic mass is 9.98. The fraction of sp³-hybridized carbons (Fsp3) is 0.0588. The van der Waals surface area contributed by atoms with Crippen LogP contribution in [0.15, 0.2) is 54.9 Å². The summed E-state index contributed by atoms with van der Waals surface area (Å²) in [6, 6.07) is 10.7. The maximum Gasteiger partial charge on any atom is 0.167 e. The Balaban J connectivity index is 1.95. The molecule has 0 saturated carbocycles. The molecule has 0 aliphatic rings. The molecule has 2 aromatic carbocycles. The Morgan fingerprint density at radius 3 is 2.71 bits per heavy atom. The van der Waals surface area contributed by atoms with Gasteiger partial charge in [0.25, 0.3) is 0 Å². The molecule has 0 spiro atoms. The molecule has 3 aromatic rings. The van der Waals surface area contributed by atoms with Crippen molar-refractivity contribution in [1.29, 1.82) is 0 Å². The normalized spacial score (nSPS) is 10.8. The lowest BCUT2D eigenvalue weighted by Gasteiger charge is -2.06. The highest BCUT2D eigenvalue weighted by atomic mass is 19.2. The SMILES string of the molecule is O=C(Cc1ccc(F)c(F)c1)c1cccc2ccncc12. The van der Waals surface area contributed by atoms with Gasteiger partial charge in [-0.25, -0.2) is 8.78 Å². The van der Waals surface area contributed by atoms with Crippen LogP contribution in [0.3, 0.4) is 0 Å². The summed E-state index contributed by atoms with van der Waals surface area (Å²) < 4.78 is 26.1. The van der Waals surface area contributed by atoms with E-state index in [1.165, 1.54) is 6.07 Å². The van der Waals surface area contributed by atoms with E-state index in [9.17, 15) is 13.6 Å². The second-order valence-corrected chi connectivity index (χ2v) is 4.75. The summed E-state index contributed by atoms with van der Waals surface area (Å²) in [5, 5.41) is 1.67. The predicted molar refractivity (Wildman–Crippen MR) is 76.1 cm³/mol. The van der Waals surface area contributed by atoms with E-state index in [1.54, 1.807) is 24.5 Å². The van der Waals surface area contributed by atoms with Gasteiger partial charge in [0.15, 0.2) is 17.4 Å². The second-order valence-electron chi connectivity index (χ2n) is 4.75. The van der Waals surface area contributed by atoms with Gasteiger partial charge in [-0.3, -0.25) is 9.78 Å². The number of benzene rings is 2. The van der Waals surface area contributed by atoms with Crippen molar-refractivity contribution in [3.63, 3.8) is 0 Å². The van der Waals surface area contributed by atoms with E-state index < -0.39 is 11.6 Å². The fourth-order valence-corrected chi connectivity index (χ4v) is 2.29. The van der Waals surface area contributed by atoms with Crippen molar-refractivity contribution in [2.24, 2.45) is 0 Å². The summed E-state index contributed by atoms with van der Waals surface area (Å²) >= 11 is 0. The standard InChI is InChI=1S/C17H11F2NO/c18-15-5-4-11(8-16(15)19)9-17(21)13-3-1-2-12-6-7-20-10-14(12)13/h1-8,10H,9H2. The minimum atomic E-state index is -0.945. The summed E-state index contributed by atoms with van der Waals surface area (Å²) in [6.45, 7) is 0. The molecule has 4 heteroatoms. The van der Waals surface area contributed by atoms with Gasteiger partial charge in [0.05, 0.1) is 0 Å². The predicted octanol–water partition coefficient (Wildman–Crippen LogP) is 3.94. The van der Waals surface area contributed by atoms with Crippen LogP contribution in [0.2, 0.25) is 0 Å². The van der Waals surface area contributed by atoms with Crippen LogP contribution in [-0.4, -0.2) is 10.8 Å². The molecule has 3 rings (SSSR count). The van der Waals surface area contributed by atoms with Crippen LogP contribution in [0.1, 0.15) is 15.9 Å². The van der Waals surface area contributed by atoms with E-state index in [1.807, 2.05) is 12.1 Å². The molecule has 1 heterocycles. The Morgan fingerprint density at radius 2 is 1.90 bits per heavy atom. The smallest absolute Gasteiger partial charge is 0.167 e. The van der Waals surface area contributed by atoms with Gasteiger partial charge < -0.3 is 0 Å². The van der Waals surface area contributed by atoms with Crippen LogP contribution < -0.4 is 0 Å². The molecular formula is C17H11F2NO. The molecule has 1 aromatic heterocycles. The van der Waals surface area contributed by atoms with Crippen molar-refractivity contribution < 1.29 is 13.6 Å². The molecule has 0 aliphatic heterocycles. The van der Waals surface area contributed by atoms with Crippen LogP contribution >= 0.6 is 0 Å². The number of nitrogens with zero attached hydrogens (tertiary/aromatic N) is 1. The highest BCUT2D eigenvalue weighted by Gasteiger charge is 2.12. The molecular weight excluding hydrogens is 272 g/mol. The second kappa shape index (κ2) is 5.40. The number of hydrogen-bond acceptors (Lipinski definition) is 2. The number of fused-ring (bicyclic) bond motifs is 1. The first-order chi connectivity index (χ1) is 10.1. The van der Waals surface area contributed by atoms with E-state index in [-0.39, 0.29) is 12.2 Å². The zero-order valence-corrected chi connectivity index (χ0v) is 11.0. The third-order valence-corrected chi connectivity index (χ3v) is 3.33. The number of halogens is 2. The van der Waals surface area contributed by atoms with Gasteiger partial charge in [-0.1, -0.05) is 24.3 Å². The van der Waals surface area contributed by atoms with Crippen LogP contribution in [-0.2, 0) is 6.42 Å². The minimum absolute atomic E-state index is 0.0191. The fourth-order valence-electron chi connectivity index (χ4n) is 2.29. The number of rotatable bonds is 3. The summed E-state index contributed by atoms with van der Waals surface area (Å²) in [6.07, 6.45) is 3.31. The highest BCUT2D eigenvalue weighted by Crippen LogP contribution is 2.20. The zero-order chi connectivity index (χ0) is 14.8. The molecule has 0 N–H and O–H groups in total. The third-order valence-electron chi connectivity index (χ3n) is 3.33. The molecule has 0 saturated heterocycles. The van der Waals surface area contributed by atoms with Crippen LogP contribution in [0.4, 0.5) is 8.78 Å². The van der Waals surface area contributed by atoms with Gasteiger partial charge in [0, 0.05) is 29.8 Å². The van der Waals surface area contributed by atoms with E-state index in [4.69, 9.17) is 0 Å². The Labute approximate surface area is 120 Å². The molecule has 0 aliphatic carbocycles. The van der Waals surface area contributed by atoms with Crippen molar-refractivity contribution in [3.8, 4) is 0 Å². The van der Waals surface area contributed by atoms with Crippen molar-refractivity contribution in [2.75, 3.05) is 0 Å². The van der Waals surface area contributed by atoms with Crippen LogP contribution in [0.25, 0.3) is 10.8 Å². The zero-order valence-electron chi connectivity index (χ0n) is 11.0. The Morgan fingerprint density at radius 1 is 1.05 bits per heavy atom. The molecule has 104 valence electrons. The van der Waals surface area contributed by atoms with Crippen molar-refractivity contribution in [2.45, 2.75) is 6.42 Å². The molecule has 2 nitrogen and oxygen atoms in total. The van der Waals surface area contributed by atoms with Gasteiger partial charge in [-0.2, -0.15) is 0 Å². The Bertz CT molecular complexity index is 825. The lowest BCUT2D eigenvalue weighted by molar-refractivity contribution is 0.0994. The van der Waals surface area contributed by atoms with Crippen LogP contribution in [0, 0.1) is 11.6 Å². The monoisotopic (exact) mass is 283 g/mol. The first-order valence-electron chi connectivity index (χ1n) is 6.45. The van der Waals surface area contributed by atoms with Crippen molar-refractivity contribution >= 4 is 16.6 Å². The number of hydrogen-bond donors (Lipinski definition) is 0. The molecule has 0 bridgehead atoms. The van der Waals surface area contributed by atoms with Crippen molar-refractivity contribution in [1.82, 2.24) is 4.98 Å². The van der Waals surface area contributed by atoms with Gasteiger partial charge in [-0.15, -0.1) is 0 Å².